The number of nitrogens with zero attached hydrogens (tertiary/aromatic N) is 4. The molecule has 0 spiro atoms. The van der Waals surface area contributed by atoms with Crippen molar-refractivity contribution in [2.24, 2.45) is 0 Å². The van der Waals surface area contributed by atoms with Gasteiger partial charge in [-0.3, -0.25) is 0 Å². The molecule has 0 bridgehead atoms. The predicted molar refractivity (Wildman–Crippen MR) is 136 cm³/mol. The van der Waals surface area contributed by atoms with E-state index in [0.29, 0.717) is 32.8 Å². The minimum atomic E-state index is -0.203. The van der Waals surface area contributed by atoms with Crippen LogP contribution >= 0.6 is 11.3 Å². The van der Waals surface area contributed by atoms with Crippen molar-refractivity contribution in [2.45, 2.75) is 6.92 Å². The molecular formula is C24H30N6O3S. The summed E-state index contributed by atoms with van der Waals surface area (Å²) in [4.78, 5) is 21.5. The molecule has 0 atom stereocenters. The van der Waals surface area contributed by atoms with Gasteiger partial charge in [0.25, 0.3) is 0 Å². The Morgan fingerprint density at radius 2 is 1.76 bits per heavy atom. The van der Waals surface area contributed by atoms with Crippen LogP contribution in [0.2, 0.25) is 0 Å². The number of aromatic nitrogens is 1. The molecule has 0 unspecified atom stereocenters. The normalized spacial score (nSPS) is 17.2. The van der Waals surface area contributed by atoms with Gasteiger partial charge in [0.15, 0.2) is 5.13 Å². The zero-order chi connectivity index (χ0) is 23.5. The van der Waals surface area contributed by atoms with Crippen molar-refractivity contribution in [2.75, 3.05) is 74.1 Å². The zero-order valence-corrected chi connectivity index (χ0v) is 20.1. The topological polar surface area (TPSA) is 93.2 Å². The second kappa shape index (κ2) is 10.1. The van der Waals surface area contributed by atoms with Gasteiger partial charge in [-0.1, -0.05) is 23.5 Å². The average molecular weight is 483 g/mol. The maximum absolute atomic E-state index is 11.8. The van der Waals surface area contributed by atoms with E-state index in [9.17, 15) is 10.0 Å². The molecule has 2 aliphatic heterocycles. The number of amides is 2. The first kappa shape index (κ1) is 22.9. The number of piperazine rings is 1. The Balaban J connectivity index is 1.48. The third-order valence-electron chi connectivity index (χ3n) is 6.16. The highest BCUT2D eigenvalue weighted by Crippen LogP contribution is 2.39. The Bertz CT molecular complexity index is 1140. The lowest BCUT2D eigenvalue weighted by Gasteiger charge is -2.30. The summed E-state index contributed by atoms with van der Waals surface area (Å²) in [5.74, 6) is 0. The third kappa shape index (κ3) is 4.95. The first-order valence-corrected chi connectivity index (χ1v) is 12.5. The van der Waals surface area contributed by atoms with E-state index < -0.39 is 0 Å². The van der Waals surface area contributed by atoms with E-state index in [1.165, 1.54) is 5.06 Å². The zero-order valence-electron chi connectivity index (χ0n) is 19.3. The average Bonchev–Trinajstić information content (AvgIpc) is 3.29. The van der Waals surface area contributed by atoms with Crippen LogP contribution in [0.4, 0.5) is 21.3 Å². The smallest absolute Gasteiger partial charge is 0.319 e. The largest absolute Gasteiger partial charge is 0.378 e. The molecule has 180 valence electrons. The standard InChI is InChI=1S/C24H30N6O3S/c1-2-25-23(31)26-19-5-3-17(4-6-19)18-15-20(28-11-13-33-14-12-28)22-21(16-18)34-24(27-22)29-7-9-30(32)10-8-29/h3-6,15-16,32H,2,7-14H2,1H3,(H2,25,26,31). The number of rotatable bonds is 5. The van der Waals surface area contributed by atoms with Gasteiger partial charge in [-0.05, 0) is 42.3 Å². The van der Waals surface area contributed by atoms with Gasteiger partial charge in [0, 0.05) is 51.5 Å². The van der Waals surface area contributed by atoms with E-state index in [0.717, 1.165) is 64.0 Å². The predicted octanol–water partition coefficient (Wildman–Crippen LogP) is 3.45. The Morgan fingerprint density at radius 1 is 1.03 bits per heavy atom. The minimum absolute atomic E-state index is 0.203. The van der Waals surface area contributed by atoms with Gasteiger partial charge in [-0.25, -0.2) is 9.78 Å². The Hall–Kier alpha value is -2.92. The highest BCUT2D eigenvalue weighted by atomic mass is 32.1. The van der Waals surface area contributed by atoms with Gasteiger partial charge >= 0.3 is 6.03 Å². The van der Waals surface area contributed by atoms with Crippen molar-refractivity contribution >= 4 is 44.1 Å². The van der Waals surface area contributed by atoms with Gasteiger partial charge in [0.05, 0.1) is 23.6 Å². The van der Waals surface area contributed by atoms with E-state index in [4.69, 9.17) is 9.72 Å². The van der Waals surface area contributed by atoms with Crippen LogP contribution in [0.1, 0.15) is 6.92 Å². The molecular weight excluding hydrogens is 452 g/mol. The number of morpholine rings is 1. The molecule has 34 heavy (non-hydrogen) atoms. The van der Waals surface area contributed by atoms with Crippen molar-refractivity contribution in [3.8, 4) is 11.1 Å². The van der Waals surface area contributed by atoms with E-state index in [1.807, 2.05) is 31.2 Å². The first-order chi connectivity index (χ1) is 16.6. The summed E-state index contributed by atoms with van der Waals surface area (Å²) in [5.41, 5.74) is 5.11. The lowest BCUT2D eigenvalue weighted by atomic mass is 10.0. The minimum Gasteiger partial charge on any atom is -0.378 e. The number of nitrogens with one attached hydrogen (secondary N) is 2. The third-order valence-corrected chi connectivity index (χ3v) is 7.22. The Labute approximate surface area is 202 Å². The first-order valence-electron chi connectivity index (χ1n) is 11.7. The fourth-order valence-electron chi connectivity index (χ4n) is 4.32. The number of benzene rings is 2. The molecule has 1 aromatic heterocycles. The Morgan fingerprint density at radius 3 is 2.47 bits per heavy atom. The number of urea groups is 1. The quantitative estimate of drug-likeness (QED) is 0.513. The molecule has 0 saturated carbocycles. The van der Waals surface area contributed by atoms with E-state index in [-0.39, 0.29) is 6.03 Å². The van der Waals surface area contributed by atoms with Crippen molar-refractivity contribution in [3.05, 3.63) is 36.4 Å². The number of ether oxygens (including phenoxy) is 1. The van der Waals surface area contributed by atoms with Gasteiger partial charge in [-0.2, -0.15) is 5.06 Å². The number of hydroxylamine groups is 2. The molecule has 3 heterocycles. The number of hydrogen-bond donors (Lipinski definition) is 3. The molecule has 0 radical (unpaired) electrons. The van der Waals surface area contributed by atoms with Crippen LogP contribution in [-0.2, 0) is 4.74 Å². The molecule has 2 aromatic carbocycles. The highest BCUT2D eigenvalue weighted by molar-refractivity contribution is 7.22. The molecule has 5 rings (SSSR count). The fourth-order valence-corrected chi connectivity index (χ4v) is 5.39. The van der Waals surface area contributed by atoms with Gasteiger partial charge in [0.1, 0.15) is 5.52 Å². The summed E-state index contributed by atoms with van der Waals surface area (Å²) in [5, 5.41) is 17.7. The molecule has 3 aromatic rings. The molecule has 2 fully saturated rings. The van der Waals surface area contributed by atoms with Gasteiger partial charge < -0.3 is 30.4 Å². The summed E-state index contributed by atoms with van der Waals surface area (Å²) in [6, 6.07) is 12.1. The number of hydrogen-bond acceptors (Lipinski definition) is 8. The SMILES string of the molecule is CCNC(=O)Nc1ccc(-c2cc(N3CCOCC3)c3nc(N4CCN(O)CC4)sc3c2)cc1. The molecule has 2 saturated heterocycles. The van der Waals surface area contributed by atoms with Crippen LogP contribution < -0.4 is 20.4 Å². The van der Waals surface area contributed by atoms with Crippen LogP contribution in [0.25, 0.3) is 21.3 Å². The number of carbonyl (C=O) groups excluding carboxylic acids is 1. The summed E-state index contributed by atoms with van der Waals surface area (Å²) in [6.45, 7) is 8.33. The maximum Gasteiger partial charge on any atom is 0.319 e. The summed E-state index contributed by atoms with van der Waals surface area (Å²) >= 11 is 1.70. The van der Waals surface area contributed by atoms with E-state index in [1.54, 1.807) is 11.3 Å². The molecule has 0 aliphatic carbocycles. The second-order valence-corrected chi connectivity index (χ2v) is 9.45. The highest BCUT2D eigenvalue weighted by Gasteiger charge is 2.22. The van der Waals surface area contributed by atoms with Crippen molar-refractivity contribution in [3.63, 3.8) is 0 Å². The number of fused-ring (bicyclic) bond motifs is 1. The molecule has 9 nitrogen and oxygen atoms in total. The van der Waals surface area contributed by atoms with E-state index in [2.05, 4.69) is 32.6 Å². The van der Waals surface area contributed by atoms with Crippen LogP contribution in [-0.4, -0.2) is 80.3 Å². The van der Waals surface area contributed by atoms with Crippen molar-refractivity contribution < 1.29 is 14.7 Å². The number of thiazole rings is 1. The van der Waals surface area contributed by atoms with Crippen LogP contribution in [0, 0.1) is 0 Å². The van der Waals surface area contributed by atoms with Crippen LogP contribution in [0.5, 0.6) is 0 Å². The maximum atomic E-state index is 11.8. The molecule has 2 aliphatic rings. The molecule has 10 heteroatoms. The number of carbonyl (C=O) groups is 1. The molecule has 2 amide bonds. The van der Waals surface area contributed by atoms with Crippen molar-refractivity contribution in [1.29, 1.82) is 0 Å². The van der Waals surface area contributed by atoms with E-state index >= 15 is 0 Å². The van der Waals surface area contributed by atoms with Gasteiger partial charge in [0.2, 0.25) is 0 Å². The van der Waals surface area contributed by atoms with Crippen LogP contribution in [0.3, 0.4) is 0 Å². The second-order valence-electron chi connectivity index (χ2n) is 8.44. The van der Waals surface area contributed by atoms with Gasteiger partial charge in [-0.15, -0.1) is 0 Å². The fraction of sp³-hybridized carbons (Fsp3) is 0.417. The molecule has 3 N–H and O–H groups in total. The summed E-state index contributed by atoms with van der Waals surface area (Å²) in [6.07, 6.45) is 0. The summed E-state index contributed by atoms with van der Waals surface area (Å²) < 4.78 is 6.73. The number of anilines is 3. The lowest BCUT2D eigenvalue weighted by Crippen LogP contribution is -2.44. The van der Waals surface area contributed by atoms with Crippen LogP contribution in [0.15, 0.2) is 36.4 Å². The Kier molecular flexibility index (Phi) is 6.82. The lowest BCUT2D eigenvalue weighted by molar-refractivity contribution is -0.0935. The monoisotopic (exact) mass is 482 g/mol. The van der Waals surface area contributed by atoms with Crippen molar-refractivity contribution in [1.82, 2.24) is 15.4 Å². The summed E-state index contributed by atoms with van der Waals surface area (Å²) in [7, 11) is 0.